The number of ether oxygens (including phenoxy) is 1. The smallest absolute Gasteiger partial charge is 0.222 e. The van der Waals surface area contributed by atoms with E-state index >= 15 is 0 Å². The third-order valence-corrected chi connectivity index (χ3v) is 8.82. The molecule has 0 aliphatic carbocycles. The lowest BCUT2D eigenvalue weighted by molar-refractivity contribution is 0.446. The van der Waals surface area contributed by atoms with E-state index in [1.54, 1.807) is 11.3 Å². The highest BCUT2D eigenvalue weighted by molar-refractivity contribution is 7.26. The van der Waals surface area contributed by atoms with Gasteiger partial charge in [-0.25, -0.2) is 15.0 Å². The van der Waals surface area contributed by atoms with Gasteiger partial charge in [0.1, 0.15) is 4.83 Å². The summed E-state index contributed by atoms with van der Waals surface area (Å²) in [5.41, 5.74) is 8.16. The molecule has 0 N–H and O–H groups in total. The summed E-state index contributed by atoms with van der Waals surface area (Å²) < 4.78 is 7.61. The Morgan fingerprint density at radius 3 is 2.02 bits per heavy atom. The topological polar surface area (TPSA) is 47.9 Å². The third kappa shape index (κ3) is 5.00. The molecule has 0 aliphatic rings. The van der Waals surface area contributed by atoms with E-state index < -0.39 is 0 Å². The van der Waals surface area contributed by atoms with Crippen LogP contribution in [-0.2, 0) is 0 Å². The number of benzene rings is 4. The predicted octanol–water partition coefficient (Wildman–Crippen LogP) is 10.7. The van der Waals surface area contributed by atoms with E-state index in [2.05, 4.69) is 96.0 Å². The largest absolute Gasteiger partial charge is 0.421 e. The molecule has 0 aliphatic heterocycles. The normalized spacial score (nSPS) is 11.2. The molecule has 0 bridgehead atoms. The van der Waals surface area contributed by atoms with Crippen molar-refractivity contribution < 1.29 is 4.74 Å². The van der Waals surface area contributed by atoms with Crippen molar-refractivity contribution in [2.75, 3.05) is 0 Å². The Morgan fingerprint density at radius 2 is 1.16 bits per heavy atom. The first-order valence-electron chi connectivity index (χ1n) is 14.4. The van der Waals surface area contributed by atoms with Crippen LogP contribution in [0.3, 0.4) is 0 Å². The molecule has 208 valence electrons. The molecule has 0 amide bonds. The molecule has 4 heterocycles. The molecule has 4 nitrogen and oxygen atoms in total. The van der Waals surface area contributed by atoms with Crippen LogP contribution in [0, 0.1) is 0 Å². The van der Waals surface area contributed by atoms with Gasteiger partial charge in [0.15, 0.2) is 0 Å². The van der Waals surface area contributed by atoms with Gasteiger partial charge in [0.2, 0.25) is 11.8 Å². The molecule has 5 heteroatoms. The second-order valence-electron chi connectivity index (χ2n) is 10.5. The number of hydrogen-bond acceptors (Lipinski definition) is 5. The highest BCUT2D eigenvalue weighted by Gasteiger charge is 2.15. The zero-order valence-electron chi connectivity index (χ0n) is 23.6. The lowest BCUT2D eigenvalue weighted by Gasteiger charge is -2.12. The standard InChI is InChI=1S/C39H25N3OS/c1-3-11-26(12-4-1)28-15-7-16-29(23-28)34-20-9-21-36(41-34)43-37-25-30(24-35(42-37)27-13-5-2-6-14-27)31-17-8-18-32-33-19-10-22-40-39(33)44-38(31)32/h1-25H. The number of thiophene rings is 1. The van der Waals surface area contributed by atoms with Crippen LogP contribution in [0.1, 0.15) is 0 Å². The summed E-state index contributed by atoms with van der Waals surface area (Å²) in [5.74, 6) is 0.973. The highest BCUT2D eigenvalue weighted by Crippen LogP contribution is 2.41. The van der Waals surface area contributed by atoms with Crippen LogP contribution in [0.25, 0.3) is 65.1 Å². The molecule has 8 rings (SSSR count). The van der Waals surface area contributed by atoms with Gasteiger partial charge in [-0.1, -0.05) is 103 Å². The van der Waals surface area contributed by atoms with E-state index in [1.807, 2.05) is 60.8 Å². The molecule has 0 spiro atoms. The van der Waals surface area contributed by atoms with Crippen molar-refractivity contribution in [2.24, 2.45) is 0 Å². The Bertz CT molecular complexity index is 2260. The zero-order valence-corrected chi connectivity index (χ0v) is 24.4. The Balaban J connectivity index is 1.21. The molecule has 0 atom stereocenters. The van der Waals surface area contributed by atoms with Crippen LogP contribution in [0.4, 0.5) is 0 Å². The molecule has 0 unspecified atom stereocenters. The fourth-order valence-electron chi connectivity index (χ4n) is 5.56. The van der Waals surface area contributed by atoms with Crippen LogP contribution in [0.5, 0.6) is 11.8 Å². The summed E-state index contributed by atoms with van der Waals surface area (Å²) >= 11 is 1.71. The molecule has 0 saturated carbocycles. The number of hydrogen-bond donors (Lipinski definition) is 0. The van der Waals surface area contributed by atoms with Crippen molar-refractivity contribution in [1.29, 1.82) is 0 Å². The lowest BCUT2D eigenvalue weighted by Crippen LogP contribution is -1.95. The zero-order chi connectivity index (χ0) is 29.3. The number of fused-ring (bicyclic) bond motifs is 3. The van der Waals surface area contributed by atoms with Crippen LogP contribution >= 0.6 is 11.3 Å². The second kappa shape index (κ2) is 11.2. The first kappa shape index (κ1) is 26.0. The third-order valence-electron chi connectivity index (χ3n) is 7.66. The van der Waals surface area contributed by atoms with E-state index in [9.17, 15) is 0 Å². The second-order valence-corrected chi connectivity index (χ2v) is 11.5. The fraction of sp³-hybridized carbons (Fsp3) is 0. The van der Waals surface area contributed by atoms with Gasteiger partial charge in [0.25, 0.3) is 0 Å². The summed E-state index contributed by atoms with van der Waals surface area (Å²) in [5, 5.41) is 2.36. The maximum Gasteiger partial charge on any atom is 0.222 e. The van der Waals surface area contributed by atoms with Crippen LogP contribution < -0.4 is 4.74 Å². The summed E-state index contributed by atoms with van der Waals surface area (Å²) in [4.78, 5) is 15.5. The Hall–Kier alpha value is -5.65. The molecule has 0 radical (unpaired) electrons. The summed E-state index contributed by atoms with van der Waals surface area (Å²) in [6.45, 7) is 0. The van der Waals surface area contributed by atoms with Gasteiger partial charge in [-0.2, -0.15) is 0 Å². The first-order chi connectivity index (χ1) is 21.8. The molecule has 4 aromatic carbocycles. The molecular formula is C39H25N3OS. The van der Waals surface area contributed by atoms with Gasteiger partial charge in [0.05, 0.1) is 11.4 Å². The molecule has 0 saturated heterocycles. The van der Waals surface area contributed by atoms with E-state index in [-0.39, 0.29) is 0 Å². The number of pyridine rings is 3. The van der Waals surface area contributed by atoms with Gasteiger partial charge >= 0.3 is 0 Å². The summed E-state index contributed by atoms with van der Waals surface area (Å²) in [7, 11) is 0. The van der Waals surface area contributed by atoms with Gasteiger partial charge in [-0.3, -0.25) is 0 Å². The van der Waals surface area contributed by atoms with Crippen molar-refractivity contribution in [3.05, 3.63) is 152 Å². The van der Waals surface area contributed by atoms with Crippen molar-refractivity contribution in [3.63, 3.8) is 0 Å². The number of rotatable bonds is 6. The van der Waals surface area contributed by atoms with Crippen molar-refractivity contribution in [3.8, 4) is 56.5 Å². The molecular weight excluding hydrogens is 559 g/mol. The average molecular weight is 584 g/mol. The first-order valence-corrected chi connectivity index (χ1v) is 15.3. The lowest BCUT2D eigenvalue weighted by atomic mass is 10.0. The summed E-state index contributed by atoms with van der Waals surface area (Å²) in [6, 6.07) is 49.5. The van der Waals surface area contributed by atoms with E-state index in [0.29, 0.717) is 11.8 Å². The van der Waals surface area contributed by atoms with E-state index in [4.69, 9.17) is 14.7 Å². The molecule has 0 fully saturated rings. The minimum atomic E-state index is 0.486. The monoisotopic (exact) mass is 583 g/mol. The van der Waals surface area contributed by atoms with Crippen molar-refractivity contribution in [2.45, 2.75) is 0 Å². The number of aromatic nitrogens is 3. The Morgan fingerprint density at radius 1 is 0.455 bits per heavy atom. The maximum atomic E-state index is 6.42. The van der Waals surface area contributed by atoms with Gasteiger partial charge < -0.3 is 4.74 Å². The van der Waals surface area contributed by atoms with E-state index in [1.165, 1.54) is 21.0 Å². The average Bonchev–Trinajstić information content (AvgIpc) is 3.48. The molecule has 44 heavy (non-hydrogen) atoms. The summed E-state index contributed by atoms with van der Waals surface area (Å²) in [6.07, 6.45) is 1.85. The minimum Gasteiger partial charge on any atom is -0.421 e. The van der Waals surface area contributed by atoms with Gasteiger partial charge in [-0.05, 0) is 52.6 Å². The quantitative estimate of drug-likeness (QED) is 0.195. The fourth-order valence-corrected chi connectivity index (χ4v) is 6.74. The van der Waals surface area contributed by atoms with Crippen LogP contribution in [0.2, 0.25) is 0 Å². The van der Waals surface area contributed by atoms with Crippen molar-refractivity contribution in [1.82, 2.24) is 15.0 Å². The van der Waals surface area contributed by atoms with Crippen LogP contribution in [0.15, 0.2) is 152 Å². The van der Waals surface area contributed by atoms with Crippen LogP contribution in [-0.4, -0.2) is 15.0 Å². The SMILES string of the molecule is c1ccc(-c2cccc(-c3cccc(Oc4cc(-c5cccc6c5sc5ncccc56)cc(-c5ccccc5)n4)n3)c2)cc1. The highest BCUT2D eigenvalue weighted by atomic mass is 32.1. The Kier molecular flexibility index (Phi) is 6.63. The minimum absolute atomic E-state index is 0.486. The van der Waals surface area contributed by atoms with Gasteiger partial charge in [-0.15, -0.1) is 11.3 Å². The maximum absolute atomic E-state index is 6.42. The number of nitrogens with zero attached hydrogens (tertiary/aromatic N) is 3. The van der Waals surface area contributed by atoms with Crippen molar-refractivity contribution >= 4 is 31.6 Å². The van der Waals surface area contributed by atoms with E-state index in [0.717, 1.165) is 44.0 Å². The molecule has 8 aromatic rings. The molecule has 4 aromatic heterocycles. The Labute approximate surface area is 258 Å². The predicted molar refractivity (Wildman–Crippen MR) is 181 cm³/mol. The van der Waals surface area contributed by atoms with Gasteiger partial charge in [0, 0.05) is 44.9 Å².